The molecule has 1 atom stereocenters. The Labute approximate surface area is 163 Å². The second-order valence-electron chi connectivity index (χ2n) is 5.68. The highest BCUT2D eigenvalue weighted by molar-refractivity contribution is 6.35. The van der Waals surface area contributed by atoms with Gasteiger partial charge in [0.2, 0.25) is 0 Å². The summed E-state index contributed by atoms with van der Waals surface area (Å²) in [5.41, 5.74) is 1.12. The third kappa shape index (κ3) is 6.25. The van der Waals surface area contributed by atoms with Crippen molar-refractivity contribution in [2.75, 3.05) is 33.9 Å². The van der Waals surface area contributed by atoms with Crippen LogP contribution in [-0.2, 0) is 6.42 Å². The Kier molecular flexibility index (Phi) is 8.32. The largest absolute Gasteiger partial charge is 0.493 e. The standard InChI is InChI=1S/C19H23Cl2NO4/c1-24-18-5-3-13(9-19(18)25-2)7-8-22-11-15(23)12-26-17-6-4-14(20)10-16(17)21/h3-6,9-10,15,22-23H,7-8,11-12H2,1-2H3/t15-/m1/s1. The summed E-state index contributed by atoms with van der Waals surface area (Å²) in [6, 6.07) is 10.8. The predicted molar refractivity (Wildman–Crippen MR) is 104 cm³/mol. The molecule has 0 aliphatic carbocycles. The van der Waals surface area contributed by atoms with E-state index in [1.807, 2.05) is 18.2 Å². The molecule has 2 aromatic rings. The maximum Gasteiger partial charge on any atom is 0.160 e. The Morgan fingerprint density at radius 1 is 1.00 bits per heavy atom. The van der Waals surface area contributed by atoms with Gasteiger partial charge in [0.15, 0.2) is 11.5 Å². The molecular formula is C19H23Cl2NO4. The van der Waals surface area contributed by atoms with Gasteiger partial charge in [-0.05, 0) is 48.9 Å². The first-order valence-corrected chi connectivity index (χ1v) is 8.96. The smallest absolute Gasteiger partial charge is 0.160 e. The second kappa shape index (κ2) is 10.5. The number of rotatable bonds is 10. The van der Waals surface area contributed by atoms with Crippen molar-refractivity contribution in [3.63, 3.8) is 0 Å². The number of nitrogens with one attached hydrogen (secondary N) is 1. The summed E-state index contributed by atoms with van der Waals surface area (Å²) in [5.74, 6) is 1.91. The summed E-state index contributed by atoms with van der Waals surface area (Å²) in [5, 5.41) is 14.2. The van der Waals surface area contributed by atoms with Crippen LogP contribution in [0, 0.1) is 0 Å². The first-order valence-electron chi connectivity index (χ1n) is 8.21. The molecule has 0 bridgehead atoms. The van der Waals surface area contributed by atoms with Gasteiger partial charge in [0, 0.05) is 11.6 Å². The highest BCUT2D eigenvalue weighted by atomic mass is 35.5. The van der Waals surface area contributed by atoms with Gasteiger partial charge in [-0.25, -0.2) is 0 Å². The number of hydrogen-bond donors (Lipinski definition) is 2. The van der Waals surface area contributed by atoms with Gasteiger partial charge in [0.05, 0.1) is 19.2 Å². The van der Waals surface area contributed by atoms with E-state index in [2.05, 4.69) is 5.32 Å². The molecule has 2 aromatic carbocycles. The third-order valence-electron chi connectivity index (χ3n) is 3.74. The van der Waals surface area contributed by atoms with Gasteiger partial charge >= 0.3 is 0 Å². The molecule has 0 saturated carbocycles. The van der Waals surface area contributed by atoms with Crippen molar-refractivity contribution in [3.8, 4) is 17.2 Å². The molecule has 0 heterocycles. The first kappa shape index (κ1) is 20.6. The Hall–Kier alpha value is -1.66. The predicted octanol–water partition coefficient (Wildman–Crippen LogP) is 3.58. The van der Waals surface area contributed by atoms with Crippen molar-refractivity contribution >= 4 is 23.2 Å². The molecule has 0 aliphatic rings. The lowest BCUT2D eigenvalue weighted by Crippen LogP contribution is -2.32. The molecular weight excluding hydrogens is 377 g/mol. The SMILES string of the molecule is COc1ccc(CCNC[C@@H](O)COc2ccc(Cl)cc2Cl)cc1OC. The van der Waals surface area contributed by atoms with Gasteiger partial charge in [0.25, 0.3) is 0 Å². The van der Waals surface area contributed by atoms with Gasteiger partial charge in [0.1, 0.15) is 18.5 Å². The lowest BCUT2D eigenvalue weighted by Gasteiger charge is -2.14. The zero-order valence-electron chi connectivity index (χ0n) is 14.8. The van der Waals surface area contributed by atoms with Gasteiger partial charge in [-0.2, -0.15) is 0 Å². The van der Waals surface area contributed by atoms with Gasteiger partial charge in [-0.15, -0.1) is 0 Å². The Bertz CT molecular complexity index is 712. The number of hydrogen-bond acceptors (Lipinski definition) is 5. The van der Waals surface area contributed by atoms with Crippen LogP contribution in [0.1, 0.15) is 5.56 Å². The number of aliphatic hydroxyl groups is 1. The van der Waals surface area contributed by atoms with Crippen LogP contribution < -0.4 is 19.5 Å². The zero-order chi connectivity index (χ0) is 18.9. The Morgan fingerprint density at radius 3 is 2.42 bits per heavy atom. The molecule has 26 heavy (non-hydrogen) atoms. The van der Waals surface area contributed by atoms with E-state index in [1.165, 1.54) is 0 Å². The molecule has 2 rings (SSSR count). The van der Waals surface area contributed by atoms with Crippen molar-refractivity contribution in [1.29, 1.82) is 0 Å². The van der Waals surface area contributed by atoms with Crippen molar-refractivity contribution < 1.29 is 19.3 Å². The van der Waals surface area contributed by atoms with Crippen molar-refractivity contribution in [2.45, 2.75) is 12.5 Å². The van der Waals surface area contributed by atoms with Crippen LogP contribution in [0.25, 0.3) is 0 Å². The summed E-state index contributed by atoms with van der Waals surface area (Å²) in [6.07, 6.45) is 0.156. The average molecular weight is 400 g/mol. The average Bonchev–Trinajstić information content (AvgIpc) is 2.64. The molecule has 0 amide bonds. The highest BCUT2D eigenvalue weighted by Crippen LogP contribution is 2.28. The molecule has 2 N–H and O–H groups in total. The lowest BCUT2D eigenvalue weighted by atomic mass is 10.1. The molecule has 0 aliphatic heterocycles. The van der Waals surface area contributed by atoms with Crippen LogP contribution in [0.5, 0.6) is 17.2 Å². The summed E-state index contributed by atoms with van der Waals surface area (Å²) in [4.78, 5) is 0. The summed E-state index contributed by atoms with van der Waals surface area (Å²) in [7, 11) is 3.23. The first-order chi connectivity index (χ1) is 12.5. The maximum atomic E-state index is 10.0. The van der Waals surface area contributed by atoms with E-state index in [9.17, 15) is 5.11 Å². The van der Waals surface area contributed by atoms with E-state index >= 15 is 0 Å². The van der Waals surface area contributed by atoms with Gasteiger partial charge < -0.3 is 24.6 Å². The van der Waals surface area contributed by atoms with Crippen LogP contribution >= 0.6 is 23.2 Å². The zero-order valence-corrected chi connectivity index (χ0v) is 16.3. The second-order valence-corrected chi connectivity index (χ2v) is 6.53. The van der Waals surface area contributed by atoms with E-state index in [4.69, 9.17) is 37.4 Å². The van der Waals surface area contributed by atoms with Gasteiger partial charge in [-0.3, -0.25) is 0 Å². The fraction of sp³-hybridized carbons (Fsp3) is 0.368. The molecule has 142 valence electrons. The molecule has 7 heteroatoms. The summed E-state index contributed by atoms with van der Waals surface area (Å²) < 4.78 is 16.0. The molecule has 0 fully saturated rings. The number of halogens is 2. The monoisotopic (exact) mass is 399 g/mol. The minimum Gasteiger partial charge on any atom is -0.493 e. The van der Waals surface area contributed by atoms with E-state index in [0.717, 1.165) is 12.0 Å². The number of aliphatic hydroxyl groups excluding tert-OH is 1. The summed E-state index contributed by atoms with van der Waals surface area (Å²) in [6.45, 7) is 1.28. The Morgan fingerprint density at radius 2 is 1.73 bits per heavy atom. The molecule has 0 saturated heterocycles. The third-order valence-corrected chi connectivity index (χ3v) is 4.27. The lowest BCUT2D eigenvalue weighted by molar-refractivity contribution is 0.107. The molecule has 0 aromatic heterocycles. The van der Waals surface area contributed by atoms with Crippen molar-refractivity contribution in [2.24, 2.45) is 0 Å². The van der Waals surface area contributed by atoms with E-state index < -0.39 is 6.10 Å². The fourth-order valence-electron chi connectivity index (χ4n) is 2.37. The van der Waals surface area contributed by atoms with Crippen LogP contribution in [-0.4, -0.2) is 45.1 Å². The van der Waals surface area contributed by atoms with E-state index in [-0.39, 0.29) is 6.61 Å². The van der Waals surface area contributed by atoms with Gasteiger partial charge in [-0.1, -0.05) is 29.3 Å². The molecule has 0 unspecified atom stereocenters. The topological polar surface area (TPSA) is 60.0 Å². The number of ether oxygens (including phenoxy) is 3. The summed E-state index contributed by atoms with van der Waals surface area (Å²) >= 11 is 11.9. The minimum atomic E-state index is -0.646. The Balaban J connectivity index is 1.70. The van der Waals surface area contributed by atoms with Crippen molar-refractivity contribution in [1.82, 2.24) is 5.32 Å². The van der Waals surface area contributed by atoms with E-state index in [0.29, 0.717) is 40.4 Å². The maximum absolute atomic E-state index is 10.0. The van der Waals surface area contributed by atoms with Crippen molar-refractivity contribution in [3.05, 3.63) is 52.0 Å². The van der Waals surface area contributed by atoms with Crippen LogP contribution in [0.2, 0.25) is 10.0 Å². The highest BCUT2D eigenvalue weighted by Gasteiger charge is 2.08. The fourth-order valence-corrected chi connectivity index (χ4v) is 2.84. The molecule has 0 radical (unpaired) electrons. The van der Waals surface area contributed by atoms with Crippen LogP contribution in [0.15, 0.2) is 36.4 Å². The van der Waals surface area contributed by atoms with Crippen LogP contribution in [0.3, 0.4) is 0 Å². The normalized spacial score (nSPS) is 11.9. The quantitative estimate of drug-likeness (QED) is 0.597. The van der Waals surface area contributed by atoms with Crippen LogP contribution in [0.4, 0.5) is 0 Å². The minimum absolute atomic E-state index is 0.144. The number of methoxy groups -OCH3 is 2. The molecule has 5 nitrogen and oxygen atoms in total. The number of benzene rings is 2. The molecule has 0 spiro atoms. The van der Waals surface area contributed by atoms with E-state index in [1.54, 1.807) is 32.4 Å².